The van der Waals surface area contributed by atoms with Crippen molar-refractivity contribution >= 4 is 35.3 Å². The molecule has 96 heavy (non-hydrogen) atoms. The van der Waals surface area contributed by atoms with Gasteiger partial charge in [-0.1, -0.05) is 148 Å². The molecule has 2 aliphatic carbocycles. The maximum atomic E-state index is 14.9. The number of fused-ring (bicyclic) bond motifs is 2. The highest BCUT2D eigenvalue weighted by Gasteiger charge is 2.34. The van der Waals surface area contributed by atoms with Crippen molar-refractivity contribution in [3.63, 3.8) is 0 Å². The van der Waals surface area contributed by atoms with Crippen molar-refractivity contribution in [2.75, 3.05) is 52.4 Å². The summed E-state index contributed by atoms with van der Waals surface area (Å²) in [4.78, 5) is 68.5. The predicted molar refractivity (Wildman–Crippen MR) is 363 cm³/mol. The van der Waals surface area contributed by atoms with Gasteiger partial charge in [-0.15, -0.1) is 0 Å². The van der Waals surface area contributed by atoms with Gasteiger partial charge in [0, 0.05) is 86.8 Å². The van der Waals surface area contributed by atoms with E-state index in [1.807, 2.05) is 0 Å². The smallest absolute Gasteiger partial charge is 0.336 e. The van der Waals surface area contributed by atoms with Gasteiger partial charge >= 0.3 is 12.4 Å². The monoisotopic (exact) mass is 1400 g/mol. The van der Waals surface area contributed by atoms with E-state index in [4.69, 9.17) is 43.9 Å². The van der Waals surface area contributed by atoms with Crippen LogP contribution in [0.5, 0.6) is 0 Å². The maximum absolute atomic E-state index is 14.9. The van der Waals surface area contributed by atoms with Crippen LogP contribution in [0.4, 0.5) is 35.1 Å². The lowest BCUT2D eigenvalue weighted by atomic mass is 9.98. The first-order valence-corrected chi connectivity index (χ1v) is 30.9. The third-order valence-corrected chi connectivity index (χ3v) is 16.1. The summed E-state index contributed by atoms with van der Waals surface area (Å²) in [5.41, 5.74) is -23.8. The number of amides is 2. The van der Waals surface area contributed by atoms with Gasteiger partial charge in [0.2, 0.25) is 11.8 Å². The molecule has 0 saturated carbocycles. The van der Waals surface area contributed by atoms with Crippen molar-refractivity contribution in [1.82, 2.24) is 38.7 Å². The quantitative estimate of drug-likeness (QED) is 0.0295. The minimum absolute atomic E-state index is 0.0152. The molecule has 2 aliphatic rings. The van der Waals surface area contributed by atoms with E-state index in [9.17, 15) is 59.8 Å². The van der Waals surface area contributed by atoms with Crippen LogP contribution in [0.2, 0.25) is 0 Å². The molecule has 0 bridgehead atoms. The second kappa shape index (κ2) is 32.9. The van der Waals surface area contributed by atoms with Crippen LogP contribution in [0.3, 0.4) is 0 Å². The second-order valence-electron chi connectivity index (χ2n) is 20.6. The van der Waals surface area contributed by atoms with Gasteiger partial charge in [-0.25, -0.2) is 8.78 Å². The number of hydrogen-bond donors (Lipinski definition) is 0. The van der Waals surface area contributed by atoms with Crippen molar-refractivity contribution < 1.29 is 94.1 Å². The summed E-state index contributed by atoms with van der Waals surface area (Å²) >= 11 is -0.166. The lowest BCUT2D eigenvalue weighted by Gasteiger charge is -2.28. The van der Waals surface area contributed by atoms with E-state index in [-0.39, 0.29) is 73.8 Å². The second-order valence-corrected chi connectivity index (χ2v) is 22.1. The highest BCUT2D eigenvalue weighted by molar-refractivity contribution is 7.98. The summed E-state index contributed by atoms with van der Waals surface area (Å²) in [5.74, 6) is -5.85. The summed E-state index contributed by atoms with van der Waals surface area (Å²) in [6, 6.07) is -26.5. The molecule has 0 radical (unpaired) electrons. The Balaban J connectivity index is 0.000000298. The molecule has 12 nitrogen and oxygen atoms in total. The standard InChI is InChI=1S/2C37H40F4N4O2S/c2*1-4-43(5-2)19-20-44(22-26-9-13-28(14-10-26)29-15-18-32(25(3)21-29)37(39,40)41)34(46)23-45-33-8-6-7-31(33)35(47)42-36(45)48-24-27-11-16-30(38)17-12-27/h2*9-18,21H,4-8,19-20,22-24H2,1-3H3/i6D2,7D2,8D2,9D,10D,11D,12D,13D,14D,15D,16D,17D,18D,21D,22D2,24D2;9D,10D,11D,12D,13D,14D,15D,16D,17D,18D,21D,22D2,24D2. The highest BCUT2D eigenvalue weighted by atomic mass is 32.2. The first-order chi connectivity index (χ1) is 60.4. The van der Waals surface area contributed by atoms with E-state index in [0.717, 1.165) is 18.4 Å². The van der Waals surface area contributed by atoms with Crippen LogP contribution in [0, 0.1) is 25.5 Å². The van der Waals surface area contributed by atoms with Crippen LogP contribution in [0.1, 0.15) is 157 Å². The molecular formula is C74H80F8N8O4S2. The third kappa shape index (κ3) is 18.8. The average molecular weight is 1400 g/mol. The fourth-order valence-electron chi connectivity index (χ4n) is 9.44. The highest BCUT2D eigenvalue weighted by Crippen LogP contribution is 2.37. The lowest BCUT2D eigenvalue weighted by Crippen LogP contribution is -2.40. The topological polar surface area (TPSA) is 117 Å². The Morgan fingerprint density at radius 1 is 0.521 bits per heavy atom. The first kappa shape index (κ1) is 38.3. The molecule has 0 atom stereocenters. The minimum Gasteiger partial charge on any atom is -0.336 e. The number of thioether (sulfide) groups is 2. The molecule has 508 valence electrons. The number of hydrogen-bond acceptors (Lipinski definition) is 10. The van der Waals surface area contributed by atoms with E-state index in [1.165, 1.54) is 0 Å². The molecule has 0 aliphatic heterocycles. The lowest BCUT2D eigenvalue weighted by molar-refractivity contribution is -0.138. The predicted octanol–water partition coefficient (Wildman–Crippen LogP) is 15.1. The Morgan fingerprint density at radius 2 is 0.906 bits per heavy atom. The zero-order chi connectivity index (χ0) is 101. The van der Waals surface area contributed by atoms with Gasteiger partial charge in [-0.3, -0.25) is 19.2 Å². The molecule has 0 spiro atoms. The largest absolute Gasteiger partial charge is 0.416 e. The molecule has 22 heteroatoms. The molecular weight excluding hydrogens is 1280 g/mol. The van der Waals surface area contributed by atoms with Crippen LogP contribution < -0.4 is 11.1 Å². The number of carbonyl (C=O) groups is 2. The van der Waals surface area contributed by atoms with Gasteiger partial charge in [0.15, 0.2) is 10.3 Å². The molecule has 10 rings (SSSR count). The van der Waals surface area contributed by atoms with Crippen molar-refractivity contribution in [3.05, 3.63) is 232 Å². The number of likely N-dealkylation sites (N-methyl/N-ethyl adjacent to an activating group) is 2. The van der Waals surface area contributed by atoms with E-state index in [2.05, 4.69) is 9.97 Å². The molecule has 8 aromatic rings. The Labute approximate surface area is 614 Å². The molecule has 2 heterocycles. The number of halogens is 8. The molecule has 2 aromatic heterocycles. The van der Waals surface area contributed by atoms with E-state index < -0.39 is 338 Å². The average Bonchev–Trinajstić information content (AvgIpc) is 1.52. The maximum Gasteiger partial charge on any atom is 0.416 e. The Hall–Kier alpha value is -7.92. The Bertz CT molecular complexity index is 6000. The van der Waals surface area contributed by atoms with Crippen molar-refractivity contribution in [1.29, 1.82) is 0 Å². The molecule has 0 saturated heterocycles. The van der Waals surface area contributed by atoms with Gasteiger partial charge in [0.1, 0.15) is 24.7 Å². The number of alkyl halides is 6. The van der Waals surface area contributed by atoms with Gasteiger partial charge < -0.3 is 28.7 Å². The normalized spacial score (nSPS) is 20.4. The van der Waals surface area contributed by atoms with Gasteiger partial charge in [-0.05, 0) is 170 Å². The van der Waals surface area contributed by atoms with Gasteiger partial charge in [-0.2, -0.15) is 36.3 Å². The summed E-state index contributed by atoms with van der Waals surface area (Å²) in [6.45, 7) is -0.716. The van der Waals surface area contributed by atoms with E-state index in [1.54, 1.807) is 37.5 Å². The summed E-state index contributed by atoms with van der Waals surface area (Å²) < 4.78 is 424. The summed E-state index contributed by atoms with van der Waals surface area (Å²) in [6.07, 6.45) is -20.5. The van der Waals surface area contributed by atoms with Crippen molar-refractivity contribution in [3.8, 4) is 22.3 Å². The molecule has 6 aromatic carbocycles. The fourth-order valence-corrected chi connectivity index (χ4v) is 10.8. The van der Waals surface area contributed by atoms with Crippen LogP contribution in [-0.4, -0.2) is 103 Å². The fraction of sp³-hybridized carbons (Fsp3) is 0.378. The van der Waals surface area contributed by atoms with Crippen LogP contribution in [-0.2, 0) is 85.0 Å². The molecule has 0 fully saturated rings. The van der Waals surface area contributed by atoms with Crippen molar-refractivity contribution in [2.24, 2.45) is 0 Å². The Morgan fingerprint density at radius 3 is 1.31 bits per heavy atom. The zero-order valence-electron chi connectivity index (χ0n) is 87.7. The minimum atomic E-state index is -5.23. The van der Waals surface area contributed by atoms with Crippen LogP contribution in [0.25, 0.3) is 22.3 Å². The van der Waals surface area contributed by atoms with Crippen LogP contribution in [0.15, 0.2) is 153 Å². The summed E-state index contributed by atoms with van der Waals surface area (Å²) in [5, 5.41) is -1.61. The SMILES string of the molecule is [2H]c1c([2H])c(C([2H])([2H])Sc2nc(=O)c3c(n2CC(=O)N(CCN(CC)CC)C([2H])([2H])c2c([2H])c([2H])c(-c4c([2H])c([2H])c(C(F)(F)F)c(C)c4[2H])c([2H])c2[2H])C([2H])([2H])C([2H])([2H])C3([2H])[2H])c([2H])c([2H])c1F.[2H]c1c([2H])c(C([2H])([2H])Sc2nc(=O)c3c(n2CC(=O)N(CCN(CC)CC)C([2H])([2H])c2c([2H])c([2H])c(-c4c([2H])c([2H])c(C(F)(F)F)c(C)c4[2H])c([2H])c2[2H])CCC3)c([2H])c([2H])c1F. The first-order valence-electron chi connectivity index (χ1n) is 47.2. The van der Waals surface area contributed by atoms with E-state index in [0.29, 0.717) is 33.9 Å². The number of aromatic nitrogens is 4. The van der Waals surface area contributed by atoms with E-state index >= 15 is 0 Å². The number of carbonyl (C=O) groups excluding carboxylic acids is 2. The molecule has 0 unspecified atom stereocenters. The Kier molecular flexibility index (Phi) is 13.1. The van der Waals surface area contributed by atoms with Gasteiger partial charge in [0.05, 0.1) is 46.8 Å². The van der Waals surface area contributed by atoms with Crippen LogP contribution >= 0.6 is 23.5 Å². The molecule has 0 N–H and O–H groups in total. The summed E-state index contributed by atoms with van der Waals surface area (Å²) in [7, 11) is 0. The zero-order valence-corrected chi connectivity index (χ0v) is 53.4. The van der Waals surface area contributed by atoms with Crippen molar-refractivity contribution in [2.45, 2.75) is 140 Å². The number of nitrogens with zero attached hydrogens (tertiary/aromatic N) is 8. The third-order valence-electron chi connectivity index (χ3n) is 14.5. The molecule has 2 amide bonds. The number of benzene rings is 6. The number of rotatable bonds is 26. The van der Waals surface area contributed by atoms with Gasteiger partial charge in [0.25, 0.3) is 11.1 Å².